The van der Waals surface area contributed by atoms with Crippen LogP contribution in [0.3, 0.4) is 0 Å². The van der Waals surface area contributed by atoms with Gasteiger partial charge >= 0.3 is 12.2 Å². The summed E-state index contributed by atoms with van der Waals surface area (Å²) in [4.78, 5) is 38.1. The number of carbonyl (C=O) groups is 3. The van der Waals surface area contributed by atoms with Crippen LogP contribution in [0.1, 0.15) is 21.5 Å². The third-order valence-corrected chi connectivity index (χ3v) is 4.83. The molecular weight excluding hydrogens is 403 g/mol. The molecule has 1 heterocycles. The van der Waals surface area contributed by atoms with Crippen LogP contribution in [0.4, 0.5) is 23.7 Å². The number of urea groups is 1. The van der Waals surface area contributed by atoms with Crippen molar-refractivity contribution in [2.24, 2.45) is 0 Å². The van der Waals surface area contributed by atoms with Gasteiger partial charge in [-0.2, -0.15) is 13.2 Å². The molecule has 0 spiro atoms. The van der Waals surface area contributed by atoms with Crippen molar-refractivity contribution >= 4 is 23.5 Å². The van der Waals surface area contributed by atoms with E-state index in [0.717, 1.165) is 5.56 Å². The zero-order valence-electron chi connectivity index (χ0n) is 16.3. The monoisotopic (exact) mass is 421 g/mol. The molecule has 2 N–H and O–H groups in total. The third-order valence-electron chi connectivity index (χ3n) is 4.83. The van der Waals surface area contributed by atoms with Crippen molar-refractivity contribution in [1.82, 2.24) is 10.6 Å². The topological polar surface area (TPSA) is 87.7 Å². The first-order valence-electron chi connectivity index (χ1n) is 8.77. The first-order chi connectivity index (χ1) is 14.0. The Morgan fingerprint density at radius 3 is 2.40 bits per heavy atom. The average molecular weight is 421 g/mol. The Labute approximate surface area is 169 Å². The van der Waals surface area contributed by atoms with Crippen LogP contribution in [0.5, 0.6) is 5.75 Å². The number of alkyl halides is 3. The van der Waals surface area contributed by atoms with Gasteiger partial charge in [0.15, 0.2) is 0 Å². The summed E-state index contributed by atoms with van der Waals surface area (Å²) in [5, 5.41) is 3.28. The summed E-state index contributed by atoms with van der Waals surface area (Å²) in [5.74, 6) is -2.62. The normalized spacial score (nSPS) is 18.9. The number of ether oxygens (including phenoxy) is 1. The molecule has 1 saturated heterocycles. The number of aryl methyl sites for hydroxylation is 2. The molecule has 7 nitrogen and oxygen atoms in total. The maximum atomic E-state index is 14.0. The minimum atomic E-state index is -5.30. The van der Waals surface area contributed by atoms with E-state index in [1.165, 1.54) is 43.5 Å². The summed E-state index contributed by atoms with van der Waals surface area (Å²) in [7, 11) is 1.33. The Hall–Kier alpha value is -3.56. The summed E-state index contributed by atoms with van der Waals surface area (Å²) in [6, 6.07) is 8.43. The number of methoxy groups -OCH3 is 1. The van der Waals surface area contributed by atoms with Gasteiger partial charge in [-0.1, -0.05) is 12.1 Å². The molecule has 0 aliphatic carbocycles. The fourth-order valence-electron chi connectivity index (χ4n) is 2.98. The Morgan fingerprint density at radius 2 is 1.80 bits per heavy atom. The SMILES string of the molecule is COc1cccc(C(=O)NC2(C(F)(F)F)NC(=O)N(c3ccc(C)c(C)c3)C2=O)c1. The van der Waals surface area contributed by atoms with Crippen LogP contribution < -0.4 is 20.3 Å². The largest absolute Gasteiger partial charge is 0.497 e. The molecule has 1 unspecified atom stereocenters. The zero-order chi connectivity index (χ0) is 22.3. The van der Waals surface area contributed by atoms with Gasteiger partial charge < -0.3 is 10.1 Å². The van der Waals surface area contributed by atoms with Crippen molar-refractivity contribution < 1.29 is 32.3 Å². The number of hydrogen-bond acceptors (Lipinski definition) is 4. The summed E-state index contributed by atoms with van der Waals surface area (Å²) in [6.45, 7) is 3.47. The second-order valence-electron chi connectivity index (χ2n) is 6.77. The maximum Gasteiger partial charge on any atom is 0.440 e. The lowest BCUT2D eigenvalue weighted by molar-refractivity contribution is -0.197. The minimum absolute atomic E-state index is 0.0395. The second kappa shape index (κ2) is 7.36. The Kier molecular flexibility index (Phi) is 5.19. The van der Waals surface area contributed by atoms with Crippen LogP contribution in [-0.2, 0) is 4.79 Å². The average Bonchev–Trinajstić information content (AvgIpc) is 2.94. The van der Waals surface area contributed by atoms with Crippen LogP contribution in [0.25, 0.3) is 0 Å². The number of halogens is 3. The summed E-state index contributed by atoms with van der Waals surface area (Å²) < 4.78 is 46.9. The van der Waals surface area contributed by atoms with Crippen LogP contribution in [0.15, 0.2) is 42.5 Å². The quantitative estimate of drug-likeness (QED) is 0.743. The molecule has 158 valence electrons. The highest BCUT2D eigenvalue weighted by Crippen LogP contribution is 2.36. The van der Waals surface area contributed by atoms with E-state index in [4.69, 9.17) is 4.74 Å². The number of anilines is 1. The number of rotatable bonds is 4. The molecule has 0 bridgehead atoms. The van der Waals surface area contributed by atoms with Gasteiger partial charge in [0, 0.05) is 5.56 Å². The zero-order valence-corrected chi connectivity index (χ0v) is 16.3. The maximum absolute atomic E-state index is 14.0. The second-order valence-corrected chi connectivity index (χ2v) is 6.77. The van der Waals surface area contributed by atoms with Crippen molar-refractivity contribution in [3.63, 3.8) is 0 Å². The highest BCUT2D eigenvalue weighted by Gasteiger charge is 2.69. The van der Waals surface area contributed by atoms with Gasteiger partial charge in [0.25, 0.3) is 17.5 Å². The molecule has 1 atom stereocenters. The molecule has 2 aromatic carbocycles. The van der Waals surface area contributed by atoms with Crippen LogP contribution >= 0.6 is 0 Å². The van der Waals surface area contributed by atoms with Crippen LogP contribution in [0, 0.1) is 13.8 Å². The van der Waals surface area contributed by atoms with Crippen molar-refractivity contribution in [1.29, 1.82) is 0 Å². The van der Waals surface area contributed by atoms with Gasteiger partial charge in [0.05, 0.1) is 12.8 Å². The van der Waals surface area contributed by atoms with Gasteiger partial charge in [-0.3, -0.25) is 14.9 Å². The molecule has 4 amide bonds. The van der Waals surface area contributed by atoms with E-state index >= 15 is 0 Å². The first kappa shape index (κ1) is 21.2. The number of nitrogens with one attached hydrogen (secondary N) is 2. The molecule has 10 heteroatoms. The van der Waals surface area contributed by atoms with Gasteiger partial charge in [0.1, 0.15) is 5.75 Å². The van der Waals surface area contributed by atoms with Crippen molar-refractivity contribution in [2.75, 3.05) is 12.0 Å². The van der Waals surface area contributed by atoms with Crippen LogP contribution in [0.2, 0.25) is 0 Å². The molecule has 0 saturated carbocycles. The number of amides is 4. The Morgan fingerprint density at radius 1 is 1.10 bits per heavy atom. The van der Waals surface area contributed by atoms with Gasteiger partial charge in [-0.05, 0) is 55.3 Å². The lowest BCUT2D eigenvalue weighted by Crippen LogP contribution is -2.69. The summed E-state index contributed by atoms with van der Waals surface area (Å²) in [5.41, 5.74) is -2.31. The number of hydrogen-bond donors (Lipinski definition) is 2. The Balaban J connectivity index is 2.01. The van der Waals surface area contributed by atoms with Gasteiger partial charge in [-0.15, -0.1) is 0 Å². The van der Waals surface area contributed by atoms with E-state index in [-0.39, 0.29) is 17.0 Å². The molecule has 1 aliphatic rings. The molecule has 30 heavy (non-hydrogen) atoms. The fraction of sp³-hybridized carbons (Fsp3) is 0.250. The van der Waals surface area contributed by atoms with Crippen molar-refractivity contribution in [3.05, 3.63) is 59.2 Å². The molecule has 1 aliphatic heterocycles. The highest BCUT2D eigenvalue weighted by atomic mass is 19.4. The molecule has 1 fully saturated rings. The highest BCUT2D eigenvalue weighted by molar-refractivity contribution is 6.24. The lowest BCUT2D eigenvalue weighted by Gasteiger charge is -2.30. The van der Waals surface area contributed by atoms with Crippen LogP contribution in [-0.4, -0.2) is 36.8 Å². The third kappa shape index (κ3) is 3.44. The molecule has 3 rings (SSSR count). The summed E-state index contributed by atoms with van der Waals surface area (Å²) in [6.07, 6.45) is -5.30. The van der Waals surface area contributed by atoms with E-state index in [1.807, 2.05) is 0 Å². The van der Waals surface area contributed by atoms with Gasteiger partial charge in [-0.25, -0.2) is 9.69 Å². The van der Waals surface area contributed by atoms with E-state index in [0.29, 0.717) is 10.5 Å². The van der Waals surface area contributed by atoms with E-state index in [2.05, 4.69) is 0 Å². The van der Waals surface area contributed by atoms with Crippen molar-refractivity contribution in [3.8, 4) is 5.75 Å². The minimum Gasteiger partial charge on any atom is -0.497 e. The van der Waals surface area contributed by atoms with E-state index in [1.54, 1.807) is 30.5 Å². The fourth-order valence-corrected chi connectivity index (χ4v) is 2.98. The predicted octanol–water partition coefficient (Wildman–Crippen LogP) is 3.06. The Bertz CT molecular complexity index is 1040. The molecule has 2 aromatic rings. The molecule has 0 radical (unpaired) electrons. The standard InChI is InChI=1S/C20H18F3N3O4/c1-11-7-8-14(9-12(11)2)26-17(28)19(20(21,22)23,25-18(26)29)24-16(27)13-5-4-6-15(10-13)30-3/h4-10H,1-3H3,(H,24,27)(H,25,29). The van der Waals surface area contributed by atoms with E-state index in [9.17, 15) is 27.6 Å². The number of carbonyl (C=O) groups excluding carboxylic acids is 3. The van der Waals surface area contributed by atoms with E-state index < -0.39 is 29.7 Å². The number of benzene rings is 2. The van der Waals surface area contributed by atoms with Crippen molar-refractivity contribution in [2.45, 2.75) is 25.7 Å². The smallest absolute Gasteiger partial charge is 0.440 e. The number of nitrogens with zero attached hydrogens (tertiary/aromatic N) is 1. The molecule has 0 aromatic heterocycles. The molecular formula is C20H18F3N3O4. The van der Waals surface area contributed by atoms with Gasteiger partial charge in [0.2, 0.25) is 0 Å². The predicted molar refractivity (Wildman–Crippen MR) is 101 cm³/mol. The number of imide groups is 1. The lowest BCUT2D eigenvalue weighted by atomic mass is 10.1. The first-order valence-corrected chi connectivity index (χ1v) is 8.77. The summed E-state index contributed by atoms with van der Waals surface area (Å²) >= 11 is 0.